The number of methoxy groups -OCH3 is 1. The van der Waals surface area contributed by atoms with Gasteiger partial charge in [0.15, 0.2) is 0 Å². The highest BCUT2D eigenvalue weighted by Crippen LogP contribution is 2.16. The second-order valence-corrected chi connectivity index (χ2v) is 3.12. The van der Waals surface area contributed by atoms with E-state index in [9.17, 15) is 5.11 Å². The van der Waals surface area contributed by atoms with Crippen molar-refractivity contribution in [1.82, 2.24) is 5.27 Å². The van der Waals surface area contributed by atoms with Crippen LogP contribution in [0.3, 0.4) is 0 Å². The van der Waals surface area contributed by atoms with E-state index >= 15 is 0 Å². The number of rotatable bonds is 2. The molecule has 0 aliphatic rings. The van der Waals surface area contributed by atoms with Crippen LogP contribution in [-0.2, 0) is 0 Å². The van der Waals surface area contributed by atoms with Crippen molar-refractivity contribution in [2.75, 3.05) is 7.11 Å². The number of hydrogen-bond acceptors (Lipinski definition) is 4. The standard InChI is InChI=1S/C10H10N2O3/c1-7-5-8(14-2)3-4-9(7)12-6-10(13)15-11-12/h3-6H,1-2H3. The molecule has 0 spiro atoms. The van der Waals surface area contributed by atoms with Gasteiger partial charge in [-0.1, -0.05) is 0 Å². The van der Waals surface area contributed by atoms with Crippen LogP contribution < -0.4 is 14.5 Å². The molecule has 0 bridgehead atoms. The van der Waals surface area contributed by atoms with Gasteiger partial charge in [0, 0.05) is 11.6 Å². The fourth-order valence-electron chi connectivity index (χ4n) is 1.36. The van der Waals surface area contributed by atoms with E-state index in [4.69, 9.17) is 4.74 Å². The third-order valence-electron chi connectivity index (χ3n) is 2.10. The average molecular weight is 206 g/mol. The zero-order valence-electron chi connectivity index (χ0n) is 8.43. The molecule has 0 atom stereocenters. The van der Waals surface area contributed by atoms with E-state index in [0.717, 1.165) is 17.0 Å². The number of ether oxygens (including phenoxy) is 1. The van der Waals surface area contributed by atoms with Gasteiger partial charge in [-0.25, -0.2) is 0 Å². The SMILES string of the molecule is COc1ccc(-[n+]2cc([O-])on2)c(C)c1. The van der Waals surface area contributed by atoms with E-state index in [0.29, 0.717) is 0 Å². The molecule has 0 aliphatic carbocycles. The molecule has 1 aromatic heterocycles. The van der Waals surface area contributed by atoms with E-state index in [2.05, 4.69) is 9.79 Å². The summed E-state index contributed by atoms with van der Waals surface area (Å²) in [7, 11) is 1.60. The van der Waals surface area contributed by atoms with Gasteiger partial charge in [0.2, 0.25) is 11.9 Å². The zero-order chi connectivity index (χ0) is 10.8. The molecule has 0 saturated carbocycles. The van der Waals surface area contributed by atoms with Gasteiger partial charge in [-0.3, -0.25) is 0 Å². The Labute approximate surface area is 86.5 Å². The Morgan fingerprint density at radius 3 is 2.80 bits per heavy atom. The highest BCUT2D eigenvalue weighted by atomic mass is 16.6. The lowest BCUT2D eigenvalue weighted by molar-refractivity contribution is -0.670. The van der Waals surface area contributed by atoms with Gasteiger partial charge in [-0.15, -0.1) is 0 Å². The van der Waals surface area contributed by atoms with Gasteiger partial charge in [0.05, 0.1) is 12.4 Å². The van der Waals surface area contributed by atoms with E-state index in [-0.39, 0.29) is 0 Å². The first-order valence-electron chi connectivity index (χ1n) is 4.41. The van der Waals surface area contributed by atoms with Crippen molar-refractivity contribution in [2.45, 2.75) is 6.92 Å². The van der Waals surface area contributed by atoms with Crippen LogP contribution in [0.2, 0.25) is 0 Å². The molecule has 1 aromatic carbocycles. The second-order valence-electron chi connectivity index (χ2n) is 3.12. The van der Waals surface area contributed by atoms with E-state index < -0.39 is 5.95 Å². The predicted octanol–water partition coefficient (Wildman–Crippen LogP) is 0.342. The number of hydrogen-bond donors (Lipinski definition) is 0. The maximum absolute atomic E-state index is 10.8. The molecule has 0 N–H and O–H groups in total. The monoisotopic (exact) mass is 206 g/mol. The highest BCUT2D eigenvalue weighted by molar-refractivity contribution is 5.39. The fraction of sp³-hybridized carbons (Fsp3) is 0.200. The molecule has 2 aromatic rings. The van der Waals surface area contributed by atoms with E-state index in [1.54, 1.807) is 13.2 Å². The maximum atomic E-state index is 10.8. The minimum atomic E-state index is -0.467. The summed E-state index contributed by atoms with van der Waals surface area (Å²) >= 11 is 0. The largest absolute Gasteiger partial charge is 0.539 e. The van der Waals surface area contributed by atoms with Crippen LogP contribution in [0.1, 0.15) is 5.56 Å². The van der Waals surface area contributed by atoms with Crippen LogP contribution >= 0.6 is 0 Å². The minimum Gasteiger partial charge on any atom is -0.539 e. The Kier molecular flexibility index (Phi) is 2.29. The summed E-state index contributed by atoms with van der Waals surface area (Å²) in [6, 6.07) is 5.48. The van der Waals surface area contributed by atoms with Crippen LogP contribution in [0.15, 0.2) is 28.9 Å². The average Bonchev–Trinajstić information content (AvgIpc) is 2.64. The fourth-order valence-corrected chi connectivity index (χ4v) is 1.36. The number of benzene rings is 1. The van der Waals surface area contributed by atoms with E-state index in [1.165, 1.54) is 10.9 Å². The van der Waals surface area contributed by atoms with Crippen LogP contribution in [0.5, 0.6) is 11.7 Å². The van der Waals surface area contributed by atoms with Crippen molar-refractivity contribution >= 4 is 0 Å². The van der Waals surface area contributed by atoms with Gasteiger partial charge in [-0.05, 0) is 23.7 Å². The molecule has 0 amide bonds. The molecular weight excluding hydrogens is 196 g/mol. The minimum absolute atomic E-state index is 0.467. The lowest BCUT2D eigenvalue weighted by Gasteiger charge is -2.00. The van der Waals surface area contributed by atoms with Gasteiger partial charge in [0.1, 0.15) is 11.7 Å². The van der Waals surface area contributed by atoms with Crippen LogP contribution in [-0.4, -0.2) is 12.4 Å². The first-order valence-corrected chi connectivity index (χ1v) is 4.41. The molecule has 0 unspecified atom stereocenters. The van der Waals surface area contributed by atoms with Gasteiger partial charge in [-0.2, -0.15) is 0 Å². The summed E-state index contributed by atoms with van der Waals surface area (Å²) in [4.78, 5) is 0. The van der Waals surface area contributed by atoms with Gasteiger partial charge >= 0.3 is 0 Å². The van der Waals surface area contributed by atoms with Crippen LogP contribution in [0.25, 0.3) is 5.69 Å². The van der Waals surface area contributed by atoms with Crippen LogP contribution in [0, 0.1) is 6.92 Å². The topological polar surface area (TPSA) is 62.2 Å². The van der Waals surface area contributed by atoms with Crippen molar-refractivity contribution < 1.29 is 19.0 Å². The summed E-state index contributed by atoms with van der Waals surface area (Å²) < 4.78 is 10.9. The summed E-state index contributed by atoms with van der Waals surface area (Å²) in [5, 5.41) is 14.4. The normalized spacial score (nSPS) is 10.3. The molecule has 2 rings (SSSR count). The molecule has 5 nitrogen and oxygen atoms in total. The first kappa shape index (κ1) is 9.51. The number of aromatic nitrogens is 2. The lowest BCUT2D eigenvalue weighted by atomic mass is 10.2. The molecule has 5 heteroatoms. The van der Waals surface area contributed by atoms with Crippen molar-refractivity contribution in [3.63, 3.8) is 0 Å². The second kappa shape index (κ2) is 3.61. The molecule has 78 valence electrons. The summed E-state index contributed by atoms with van der Waals surface area (Å²) in [5.41, 5.74) is 1.74. The molecule has 0 saturated heterocycles. The lowest BCUT2D eigenvalue weighted by Crippen LogP contribution is -2.32. The summed E-state index contributed by atoms with van der Waals surface area (Å²) in [6.45, 7) is 1.91. The Balaban J connectivity index is 2.45. The summed E-state index contributed by atoms with van der Waals surface area (Å²) in [6.07, 6.45) is 1.29. The molecule has 1 heterocycles. The maximum Gasteiger partial charge on any atom is 0.242 e. The van der Waals surface area contributed by atoms with Gasteiger partial charge in [0.25, 0.3) is 0 Å². The molecular formula is C10H10N2O3. The number of nitrogens with zero attached hydrogens (tertiary/aromatic N) is 2. The first-order chi connectivity index (χ1) is 7.20. The smallest absolute Gasteiger partial charge is 0.242 e. The zero-order valence-corrected chi connectivity index (χ0v) is 8.43. The quantitative estimate of drug-likeness (QED) is 0.665. The van der Waals surface area contributed by atoms with Gasteiger partial charge < -0.3 is 14.4 Å². The predicted molar refractivity (Wildman–Crippen MR) is 48.8 cm³/mol. The van der Waals surface area contributed by atoms with Crippen LogP contribution in [0.4, 0.5) is 0 Å². The summed E-state index contributed by atoms with van der Waals surface area (Å²) in [5.74, 6) is 0.299. The number of aryl methyl sites for hydroxylation is 1. The highest BCUT2D eigenvalue weighted by Gasteiger charge is 2.12. The van der Waals surface area contributed by atoms with Crippen molar-refractivity contribution in [3.8, 4) is 17.4 Å². The van der Waals surface area contributed by atoms with Crippen molar-refractivity contribution in [2.24, 2.45) is 0 Å². The van der Waals surface area contributed by atoms with E-state index in [1.807, 2.05) is 19.1 Å². The Bertz CT molecular complexity index is 479. The third kappa shape index (κ3) is 1.76. The van der Waals surface area contributed by atoms with Crippen molar-refractivity contribution in [3.05, 3.63) is 30.0 Å². The molecule has 0 radical (unpaired) electrons. The van der Waals surface area contributed by atoms with Crippen molar-refractivity contribution in [1.29, 1.82) is 0 Å². The third-order valence-corrected chi connectivity index (χ3v) is 2.10. The molecule has 15 heavy (non-hydrogen) atoms. The Morgan fingerprint density at radius 2 is 2.27 bits per heavy atom. The molecule has 0 fully saturated rings. The Hall–Kier alpha value is -2.04. The molecule has 0 aliphatic heterocycles. The Morgan fingerprint density at radius 1 is 1.47 bits per heavy atom.